The summed E-state index contributed by atoms with van der Waals surface area (Å²) in [6.45, 7) is 1.98. The number of carbonyl (C=O) groups is 1. The van der Waals surface area contributed by atoms with Gasteiger partial charge in [-0.25, -0.2) is 4.39 Å². The number of likely N-dealkylation sites (tertiary alicyclic amines) is 1. The number of rotatable bonds is 2. The summed E-state index contributed by atoms with van der Waals surface area (Å²) in [5.74, 6) is -0.477. The molecule has 2 atom stereocenters. The third-order valence-corrected chi connectivity index (χ3v) is 4.55. The second-order valence-corrected chi connectivity index (χ2v) is 6.09. The summed E-state index contributed by atoms with van der Waals surface area (Å²) >= 11 is 5.79. The molecule has 0 aromatic heterocycles. The van der Waals surface area contributed by atoms with Gasteiger partial charge in [-0.3, -0.25) is 9.69 Å². The van der Waals surface area contributed by atoms with Crippen molar-refractivity contribution in [2.24, 2.45) is 0 Å². The summed E-state index contributed by atoms with van der Waals surface area (Å²) in [5, 5.41) is 9.78. The largest absolute Gasteiger partial charge is 0.392 e. The number of hydrogen-bond acceptors (Lipinski definition) is 3. The maximum atomic E-state index is 13.2. The third-order valence-electron chi connectivity index (χ3n) is 4.26. The molecule has 2 aliphatic heterocycles. The molecule has 21 heavy (non-hydrogen) atoms. The van der Waals surface area contributed by atoms with Crippen LogP contribution in [-0.2, 0) is 4.79 Å². The summed E-state index contributed by atoms with van der Waals surface area (Å²) in [5.41, 5.74) is 0.631. The van der Waals surface area contributed by atoms with Gasteiger partial charge in [0.05, 0.1) is 17.2 Å². The van der Waals surface area contributed by atoms with E-state index in [-0.39, 0.29) is 23.1 Å². The minimum absolute atomic E-state index is 0.00627. The normalized spacial score (nSPS) is 27.4. The van der Waals surface area contributed by atoms with Crippen molar-refractivity contribution in [1.29, 1.82) is 0 Å². The fourth-order valence-corrected chi connectivity index (χ4v) is 3.35. The van der Waals surface area contributed by atoms with Crippen molar-refractivity contribution in [3.05, 3.63) is 29.0 Å². The predicted molar refractivity (Wildman–Crippen MR) is 79.0 cm³/mol. The zero-order valence-electron chi connectivity index (χ0n) is 11.6. The molecule has 1 amide bonds. The number of amides is 1. The smallest absolute Gasteiger partial charge is 0.244 e. The Morgan fingerprint density at radius 3 is 2.81 bits per heavy atom. The zero-order chi connectivity index (χ0) is 15.0. The van der Waals surface area contributed by atoms with E-state index in [9.17, 15) is 14.3 Å². The van der Waals surface area contributed by atoms with Crippen molar-refractivity contribution in [2.75, 3.05) is 24.5 Å². The lowest BCUT2D eigenvalue weighted by molar-refractivity contribution is -0.122. The van der Waals surface area contributed by atoms with Gasteiger partial charge >= 0.3 is 0 Å². The van der Waals surface area contributed by atoms with Crippen molar-refractivity contribution in [3.8, 4) is 0 Å². The van der Waals surface area contributed by atoms with Crippen LogP contribution in [0.5, 0.6) is 0 Å². The lowest BCUT2D eigenvalue weighted by Crippen LogP contribution is -2.48. The van der Waals surface area contributed by atoms with E-state index in [0.717, 1.165) is 25.8 Å². The highest BCUT2D eigenvalue weighted by Crippen LogP contribution is 2.29. The minimum atomic E-state index is -0.484. The van der Waals surface area contributed by atoms with Gasteiger partial charge in [0, 0.05) is 18.8 Å². The van der Waals surface area contributed by atoms with Gasteiger partial charge in [-0.1, -0.05) is 11.6 Å². The Labute approximate surface area is 128 Å². The number of piperidine rings is 1. The molecular formula is C15H18ClFN2O2. The first kappa shape index (κ1) is 14.8. The highest BCUT2D eigenvalue weighted by atomic mass is 35.5. The number of benzene rings is 1. The van der Waals surface area contributed by atoms with Gasteiger partial charge < -0.3 is 10.0 Å². The van der Waals surface area contributed by atoms with E-state index in [0.29, 0.717) is 18.8 Å². The van der Waals surface area contributed by atoms with Crippen molar-refractivity contribution in [3.63, 3.8) is 0 Å². The van der Waals surface area contributed by atoms with E-state index in [1.807, 2.05) is 0 Å². The second kappa shape index (κ2) is 5.91. The van der Waals surface area contributed by atoms with Gasteiger partial charge in [0.1, 0.15) is 5.82 Å². The summed E-state index contributed by atoms with van der Waals surface area (Å²) in [4.78, 5) is 16.3. The number of β-amino-alcohol motifs (C(OH)–C–C–N with tert-alkyl or cyclic N) is 1. The molecule has 4 nitrogen and oxygen atoms in total. The van der Waals surface area contributed by atoms with E-state index >= 15 is 0 Å². The Morgan fingerprint density at radius 1 is 1.29 bits per heavy atom. The molecule has 0 aliphatic carbocycles. The highest BCUT2D eigenvalue weighted by molar-refractivity contribution is 6.31. The van der Waals surface area contributed by atoms with Crippen LogP contribution in [0.4, 0.5) is 10.1 Å². The van der Waals surface area contributed by atoms with Crippen LogP contribution in [0.15, 0.2) is 18.2 Å². The molecule has 3 rings (SSSR count). The molecule has 0 saturated carbocycles. The van der Waals surface area contributed by atoms with Gasteiger partial charge in [-0.05, 0) is 44.0 Å². The van der Waals surface area contributed by atoms with Crippen LogP contribution in [0.1, 0.15) is 19.3 Å². The first-order valence-corrected chi connectivity index (χ1v) is 7.62. The standard InChI is InChI=1S/C15H18ClFN2O2/c16-12-8-10(3-4-13(12)17)19-7-5-14(15(19)21)18-6-1-2-11(20)9-18/h3-4,8,11,14,20H,1-2,5-7,9H2. The average Bonchev–Trinajstić information content (AvgIpc) is 2.84. The van der Waals surface area contributed by atoms with E-state index in [4.69, 9.17) is 11.6 Å². The summed E-state index contributed by atoms with van der Waals surface area (Å²) < 4.78 is 13.2. The Kier molecular flexibility index (Phi) is 4.15. The third kappa shape index (κ3) is 2.91. The number of carbonyl (C=O) groups excluding carboxylic acids is 1. The van der Waals surface area contributed by atoms with E-state index < -0.39 is 5.82 Å². The Hall–Kier alpha value is -1.17. The second-order valence-electron chi connectivity index (χ2n) is 5.68. The molecule has 2 unspecified atom stereocenters. The van der Waals surface area contributed by atoms with Gasteiger partial charge in [-0.15, -0.1) is 0 Å². The molecule has 114 valence electrons. The lowest BCUT2D eigenvalue weighted by Gasteiger charge is -2.33. The summed E-state index contributed by atoms with van der Waals surface area (Å²) in [6.07, 6.45) is 2.09. The number of anilines is 1. The first-order chi connectivity index (χ1) is 10.1. The molecule has 0 spiro atoms. The minimum Gasteiger partial charge on any atom is -0.392 e. The van der Waals surface area contributed by atoms with Crippen LogP contribution in [-0.4, -0.2) is 47.7 Å². The number of aliphatic hydroxyl groups excluding tert-OH is 1. The molecule has 1 aromatic carbocycles. The predicted octanol–water partition coefficient (Wildman–Crippen LogP) is 2.04. The number of nitrogens with zero attached hydrogens (tertiary/aromatic N) is 2. The van der Waals surface area contributed by atoms with Crippen LogP contribution < -0.4 is 4.90 Å². The van der Waals surface area contributed by atoms with Gasteiger partial charge in [0.25, 0.3) is 0 Å². The fraction of sp³-hybridized carbons (Fsp3) is 0.533. The molecular weight excluding hydrogens is 295 g/mol. The molecule has 1 N–H and O–H groups in total. The van der Waals surface area contributed by atoms with Gasteiger partial charge in [0.15, 0.2) is 0 Å². The fourth-order valence-electron chi connectivity index (χ4n) is 3.18. The van der Waals surface area contributed by atoms with Crippen molar-refractivity contribution >= 4 is 23.2 Å². The maximum absolute atomic E-state index is 13.2. The molecule has 1 aromatic rings. The van der Waals surface area contributed by atoms with Crippen LogP contribution in [0.3, 0.4) is 0 Å². The molecule has 2 fully saturated rings. The van der Waals surface area contributed by atoms with Crippen molar-refractivity contribution < 1.29 is 14.3 Å². The van der Waals surface area contributed by atoms with E-state index in [1.165, 1.54) is 12.1 Å². The highest BCUT2D eigenvalue weighted by Gasteiger charge is 2.38. The SMILES string of the molecule is O=C1C(N2CCCC(O)C2)CCN1c1ccc(F)c(Cl)c1. The molecule has 2 aliphatic rings. The average molecular weight is 313 g/mol. The monoisotopic (exact) mass is 312 g/mol. The van der Waals surface area contributed by atoms with Crippen LogP contribution in [0.2, 0.25) is 5.02 Å². The number of hydrogen-bond donors (Lipinski definition) is 1. The zero-order valence-corrected chi connectivity index (χ0v) is 12.4. The Balaban J connectivity index is 1.75. The first-order valence-electron chi connectivity index (χ1n) is 7.25. The van der Waals surface area contributed by atoms with Crippen LogP contribution in [0, 0.1) is 5.82 Å². The van der Waals surface area contributed by atoms with Gasteiger partial charge in [-0.2, -0.15) is 0 Å². The van der Waals surface area contributed by atoms with Crippen molar-refractivity contribution in [1.82, 2.24) is 4.90 Å². The molecule has 0 bridgehead atoms. The molecule has 2 saturated heterocycles. The van der Waals surface area contributed by atoms with Crippen molar-refractivity contribution in [2.45, 2.75) is 31.4 Å². The van der Waals surface area contributed by atoms with Crippen LogP contribution in [0.25, 0.3) is 0 Å². The number of aliphatic hydroxyl groups is 1. The molecule has 6 heteroatoms. The Bertz CT molecular complexity index is 554. The summed E-state index contributed by atoms with van der Waals surface area (Å²) in [6, 6.07) is 4.15. The molecule has 2 heterocycles. The molecule has 0 radical (unpaired) electrons. The van der Waals surface area contributed by atoms with Gasteiger partial charge in [0.2, 0.25) is 5.91 Å². The van der Waals surface area contributed by atoms with E-state index in [1.54, 1.807) is 11.0 Å². The summed E-state index contributed by atoms with van der Waals surface area (Å²) in [7, 11) is 0. The number of halogens is 2. The topological polar surface area (TPSA) is 43.8 Å². The quantitative estimate of drug-likeness (QED) is 0.909. The van der Waals surface area contributed by atoms with Crippen LogP contribution >= 0.6 is 11.6 Å². The maximum Gasteiger partial charge on any atom is 0.244 e. The van der Waals surface area contributed by atoms with E-state index in [2.05, 4.69) is 4.90 Å². The Morgan fingerprint density at radius 2 is 2.10 bits per heavy atom. The lowest BCUT2D eigenvalue weighted by atomic mass is 10.1.